The van der Waals surface area contributed by atoms with Crippen molar-refractivity contribution in [3.05, 3.63) is 52.5 Å². The number of ether oxygens (including phenoxy) is 1. The van der Waals surface area contributed by atoms with Crippen LogP contribution in [0.4, 0.5) is 0 Å². The second kappa shape index (κ2) is 10.4. The summed E-state index contributed by atoms with van der Waals surface area (Å²) in [7, 11) is 0. The molecule has 1 aliphatic heterocycles. The van der Waals surface area contributed by atoms with E-state index in [0.717, 1.165) is 57.8 Å². The third kappa shape index (κ3) is 6.20. The van der Waals surface area contributed by atoms with Gasteiger partial charge in [0.05, 0.1) is 13.2 Å². The van der Waals surface area contributed by atoms with Crippen LogP contribution in [-0.4, -0.2) is 60.1 Å². The molecular weight excluding hydrogens is 346 g/mol. The van der Waals surface area contributed by atoms with Crippen LogP contribution in [0.25, 0.3) is 0 Å². The summed E-state index contributed by atoms with van der Waals surface area (Å²) in [5.74, 6) is 0.231. The smallest absolute Gasteiger partial charge is 0.223 e. The van der Waals surface area contributed by atoms with Crippen LogP contribution in [0.5, 0.6) is 0 Å². The van der Waals surface area contributed by atoms with Gasteiger partial charge in [0.15, 0.2) is 0 Å². The number of nitrogens with zero attached hydrogens (tertiary/aromatic N) is 3. The summed E-state index contributed by atoms with van der Waals surface area (Å²) < 4.78 is 5.40. The number of aromatic nitrogens is 1. The number of rotatable bonds is 9. The fraction of sp³-hybridized carbons (Fsp3) is 0.500. The lowest BCUT2D eigenvalue weighted by atomic mass is 10.1. The van der Waals surface area contributed by atoms with E-state index in [-0.39, 0.29) is 5.91 Å². The van der Waals surface area contributed by atoms with Crippen LogP contribution in [0.15, 0.2) is 41.4 Å². The quantitative estimate of drug-likeness (QED) is 0.678. The topological polar surface area (TPSA) is 45.7 Å². The van der Waals surface area contributed by atoms with E-state index in [2.05, 4.69) is 26.7 Å². The number of morpholine rings is 1. The molecule has 3 heterocycles. The van der Waals surface area contributed by atoms with E-state index in [9.17, 15) is 4.79 Å². The largest absolute Gasteiger partial charge is 0.379 e. The molecule has 2 aromatic heterocycles. The molecular formula is C20H27N3O2S. The number of amides is 1. The molecule has 0 atom stereocenters. The van der Waals surface area contributed by atoms with Crippen molar-refractivity contribution in [1.82, 2.24) is 14.8 Å². The summed E-state index contributed by atoms with van der Waals surface area (Å²) in [6.45, 7) is 6.11. The predicted molar refractivity (Wildman–Crippen MR) is 104 cm³/mol. The Labute approximate surface area is 159 Å². The van der Waals surface area contributed by atoms with Crippen LogP contribution in [0.1, 0.15) is 24.0 Å². The predicted octanol–water partition coefficient (Wildman–Crippen LogP) is 2.83. The summed E-state index contributed by atoms with van der Waals surface area (Å²) >= 11 is 1.68. The lowest BCUT2D eigenvalue weighted by Crippen LogP contribution is -2.39. The van der Waals surface area contributed by atoms with Gasteiger partial charge in [0.1, 0.15) is 0 Å². The molecule has 0 bridgehead atoms. The zero-order valence-electron chi connectivity index (χ0n) is 15.2. The van der Waals surface area contributed by atoms with Gasteiger partial charge in [-0.05, 0) is 52.9 Å². The number of aryl methyl sites for hydroxylation is 1. The number of carbonyl (C=O) groups excluding carboxylic acids is 1. The highest BCUT2D eigenvalue weighted by Crippen LogP contribution is 2.12. The molecule has 26 heavy (non-hydrogen) atoms. The Morgan fingerprint density at radius 2 is 2.00 bits per heavy atom. The first-order valence-electron chi connectivity index (χ1n) is 9.29. The van der Waals surface area contributed by atoms with Gasteiger partial charge in [-0.1, -0.05) is 0 Å². The number of hydrogen-bond acceptors (Lipinski definition) is 5. The minimum absolute atomic E-state index is 0.231. The van der Waals surface area contributed by atoms with Crippen LogP contribution in [0, 0.1) is 0 Å². The Morgan fingerprint density at radius 3 is 2.73 bits per heavy atom. The molecule has 0 radical (unpaired) electrons. The fourth-order valence-electron chi connectivity index (χ4n) is 3.15. The standard InChI is InChI=1S/C20H27N3O2S/c24-20(3-2-19-6-15-26-17-19)23(16-18-4-7-21-8-5-18)10-1-9-22-11-13-25-14-12-22/h4-8,15,17H,1-3,9-14,16H2. The SMILES string of the molecule is O=C(CCc1ccsc1)N(CCCN1CCOCC1)Cc1ccncc1. The van der Waals surface area contributed by atoms with Crippen LogP contribution < -0.4 is 0 Å². The van der Waals surface area contributed by atoms with E-state index >= 15 is 0 Å². The summed E-state index contributed by atoms with van der Waals surface area (Å²) in [4.78, 5) is 21.3. The van der Waals surface area contributed by atoms with Gasteiger partial charge in [-0.3, -0.25) is 14.7 Å². The van der Waals surface area contributed by atoms with Gasteiger partial charge in [-0.25, -0.2) is 0 Å². The third-order valence-corrected chi connectivity index (χ3v) is 5.42. The molecule has 0 saturated carbocycles. The highest BCUT2D eigenvalue weighted by molar-refractivity contribution is 7.07. The molecule has 0 spiro atoms. The number of pyridine rings is 1. The summed E-state index contributed by atoms with van der Waals surface area (Å²) in [5, 5.41) is 4.19. The lowest BCUT2D eigenvalue weighted by molar-refractivity contribution is -0.132. The van der Waals surface area contributed by atoms with Crippen LogP contribution >= 0.6 is 11.3 Å². The maximum absolute atomic E-state index is 12.8. The van der Waals surface area contributed by atoms with Crippen LogP contribution in [0.2, 0.25) is 0 Å². The van der Waals surface area contributed by atoms with Gasteiger partial charge < -0.3 is 9.64 Å². The average molecular weight is 374 g/mol. The molecule has 6 heteroatoms. The molecule has 0 N–H and O–H groups in total. The number of carbonyl (C=O) groups is 1. The minimum atomic E-state index is 0.231. The normalized spacial score (nSPS) is 15.1. The fourth-order valence-corrected chi connectivity index (χ4v) is 3.86. The van der Waals surface area contributed by atoms with Crippen molar-refractivity contribution >= 4 is 17.2 Å². The van der Waals surface area contributed by atoms with Gasteiger partial charge >= 0.3 is 0 Å². The van der Waals surface area contributed by atoms with Gasteiger partial charge in [-0.15, -0.1) is 0 Å². The second-order valence-corrected chi connectivity index (χ2v) is 7.39. The first kappa shape index (κ1) is 19.0. The molecule has 140 valence electrons. The van der Waals surface area contributed by atoms with E-state index in [1.165, 1.54) is 5.56 Å². The van der Waals surface area contributed by atoms with E-state index in [4.69, 9.17) is 4.74 Å². The van der Waals surface area contributed by atoms with Crippen molar-refractivity contribution < 1.29 is 9.53 Å². The van der Waals surface area contributed by atoms with Crippen molar-refractivity contribution in [3.63, 3.8) is 0 Å². The zero-order chi connectivity index (χ0) is 18.0. The summed E-state index contributed by atoms with van der Waals surface area (Å²) in [5.41, 5.74) is 2.38. The Hall–Kier alpha value is -1.76. The molecule has 1 aliphatic rings. The minimum Gasteiger partial charge on any atom is -0.379 e. The van der Waals surface area contributed by atoms with E-state index in [1.807, 2.05) is 17.0 Å². The van der Waals surface area contributed by atoms with Crippen LogP contribution in [0.3, 0.4) is 0 Å². The van der Waals surface area contributed by atoms with E-state index < -0.39 is 0 Å². The molecule has 1 fully saturated rings. The Balaban J connectivity index is 1.52. The highest BCUT2D eigenvalue weighted by atomic mass is 32.1. The van der Waals surface area contributed by atoms with Crippen LogP contribution in [-0.2, 0) is 22.5 Å². The maximum Gasteiger partial charge on any atom is 0.223 e. The second-order valence-electron chi connectivity index (χ2n) is 6.61. The van der Waals surface area contributed by atoms with Gasteiger partial charge in [0, 0.05) is 51.5 Å². The summed E-state index contributed by atoms with van der Waals surface area (Å²) in [6, 6.07) is 6.08. The van der Waals surface area contributed by atoms with Crippen molar-refractivity contribution in [2.24, 2.45) is 0 Å². The first-order chi connectivity index (χ1) is 12.8. The van der Waals surface area contributed by atoms with Gasteiger partial charge in [0.25, 0.3) is 0 Å². The van der Waals surface area contributed by atoms with Crippen molar-refractivity contribution in [2.45, 2.75) is 25.8 Å². The maximum atomic E-state index is 12.8. The lowest BCUT2D eigenvalue weighted by Gasteiger charge is -2.28. The average Bonchev–Trinajstić information content (AvgIpc) is 3.21. The third-order valence-electron chi connectivity index (χ3n) is 4.69. The number of hydrogen-bond donors (Lipinski definition) is 0. The molecule has 1 amide bonds. The molecule has 3 rings (SSSR count). The Kier molecular flexibility index (Phi) is 7.61. The zero-order valence-corrected chi connectivity index (χ0v) is 16.0. The van der Waals surface area contributed by atoms with Crippen molar-refractivity contribution in [3.8, 4) is 0 Å². The Bertz CT molecular complexity index is 642. The van der Waals surface area contributed by atoms with Gasteiger partial charge in [-0.2, -0.15) is 11.3 Å². The Morgan fingerprint density at radius 1 is 1.19 bits per heavy atom. The molecule has 0 aromatic carbocycles. The molecule has 5 nitrogen and oxygen atoms in total. The first-order valence-corrected chi connectivity index (χ1v) is 10.2. The van der Waals surface area contributed by atoms with Gasteiger partial charge in [0.2, 0.25) is 5.91 Å². The monoisotopic (exact) mass is 373 g/mol. The van der Waals surface area contributed by atoms with Crippen molar-refractivity contribution in [2.75, 3.05) is 39.4 Å². The van der Waals surface area contributed by atoms with E-state index in [1.54, 1.807) is 23.7 Å². The number of thiophene rings is 1. The molecule has 0 aliphatic carbocycles. The molecule has 0 unspecified atom stereocenters. The van der Waals surface area contributed by atoms with Crippen molar-refractivity contribution in [1.29, 1.82) is 0 Å². The van der Waals surface area contributed by atoms with E-state index in [0.29, 0.717) is 13.0 Å². The molecule has 2 aromatic rings. The summed E-state index contributed by atoms with van der Waals surface area (Å²) in [6.07, 6.45) is 5.96. The highest BCUT2D eigenvalue weighted by Gasteiger charge is 2.16. The molecule has 1 saturated heterocycles.